The van der Waals surface area contributed by atoms with Gasteiger partial charge < -0.3 is 20.3 Å². The first kappa shape index (κ1) is 17.0. The zero-order valence-corrected chi connectivity index (χ0v) is 13.8. The number of piperidine rings is 1. The molecule has 3 N–H and O–H groups in total. The Kier molecular flexibility index (Phi) is 5.86. The third-order valence-electron chi connectivity index (χ3n) is 4.81. The molecule has 2 aromatic rings. The molecular formula is C20H25NO3. The normalized spacial score (nSPS) is 23.8. The molecule has 2 aromatic carbocycles. The van der Waals surface area contributed by atoms with Crippen LogP contribution < -0.4 is 10.1 Å². The molecule has 0 amide bonds. The van der Waals surface area contributed by atoms with E-state index in [4.69, 9.17) is 4.74 Å². The van der Waals surface area contributed by atoms with E-state index in [9.17, 15) is 10.2 Å². The Morgan fingerprint density at radius 2 is 1.50 bits per heavy atom. The van der Waals surface area contributed by atoms with Gasteiger partial charge in [-0.1, -0.05) is 42.5 Å². The van der Waals surface area contributed by atoms with Crippen LogP contribution >= 0.6 is 0 Å². The van der Waals surface area contributed by atoms with Gasteiger partial charge in [-0.2, -0.15) is 0 Å². The van der Waals surface area contributed by atoms with Crippen LogP contribution in [0.1, 0.15) is 17.0 Å². The fourth-order valence-electron chi connectivity index (χ4n) is 3.52. The molecule has 0 bridgehead atoms. The number of aliphatic hydroxyl groups is 2. The van der Waals surface area contributed by atoms with E-state index in [1.807, 2.05) is 42.5 Å². The predicted molar refractivity (Wildman–Crippen MR) is 94.0 cm³/mol. The number of ether oxygens (including phenoxy) is 1. The number of benzene rings is 2. The lowest BCUT2D eigenvalue weighted by molar-refractivity contribution is 0.107. The van der Waals surface area contributed by atoms with E-state index >= 15 is 0 Å². The molecule has 0 aromatic heterocycles. The first-order valence-electron chi connectivity index (χ1n) is 8.51. The topological polar surface area (TPSA) is 61.7 Å². The highest BCUT2D eigenvalue weighted by Crippen LogP contribution is 2.35. The van der Waals surface area contributed by atoms with Crippen LogP contribution in [-0.4, -0.2) is 36.5 Å². The van der Waals surface area contributed by atoms with Gasteiger partial charge in [0.2, 0.25) is 0 Å². The Morgan fingerprint density at radius 3 is 2.08 bits per heavy atom. The van der Waals surface area contributed by atoms with Crippen molar-refractivity contribution in [2.45, 2.75) is 12.5 Å². The molecule has 1 saturated heterocycles. The Balaban J connectivity index is 1.68. The minimum absolute atomic E-state index is 0.125. The molecule has 3 atom stereocenters. The molecule has 4 heteroatoms. The van der Waals surface area contributed by atoms with Gasteiger partial charge in [-0.05, 0) is 29.2 Å². The molecule has 0 aliphatic carbocycles. The van der Waals surface area contributed by atoms with Gasteiger partial charge in [0.1, 0.15) is 12.4 Å². The molecule has 3 rings (SSSR count). The van der Waals surface area contributed by atoms with Crippen molar-refractivity contribution >= 4 is 0 Å². The van der Waals surface area contributed by atoms with E-state index < -0.39 is 0 Å². The summed E-state index contributed by atoms with van der Waals surface area (Å²) in [7, 11) is 0. The molecular weight excluding hydrogens is 302 g/mol. The fraction of sp³-hybridized carbons (Fsp3) is 0.400. The summed E-state index contributed by atoms with van der Waals surface area (Å²) in [6, 6.07) is 18.1. The first-order chi connectivity index (χ1) is 11.8. The van der Waals surface area contributed by atoms with Gasteiger partial charge >= 0.3 is 0 Å². The molecule has 0 spiro atoms. The average molecular weight is 327 g/mol. The molecule has 0 saturated carbocycles. The molecule has 0 unspecified atom stereocenters. The summed E-state index contributed by atoms with van der Waals surface area (Å²) in [4.78, 5) is 0. The van der Waals surface area contributed by atoms with E-state index in [1.165, 1.54) is 0 Å². The highest BCUT2D eigenvalue weighted by atomic mass is 16.5. The Bertz CT molecular complexity index is 603. The van der Waals surface area contributed by atoms with Crippen LogP contribution in [0.2, 0.25) is 0 Å². The van der Waals surface area contributed by atoms with E-state index in [1.54, 1.807) is 0 Å². The number of aliphatic hydroxyl groups excluding tert-OH is 2. The van der Waals surface area contributed by atoms with Gasteiger partial charge in [0, 0.05) is 38.1 Å². The molecule has 1 aliphatic rings. The van der Waals surface area contributed by atoms with Crippen molar-refractivity contribution < 1.29 is 14.9 Å². The second kappa shape index (κ2) is 8.29. The van der Waals surface area contributed by atoms with Crippen LogP contribution in [0.5, 0.6) is 5.75 Å². The van der Waals surface area contributed by atoms with Crippen LogP contribution in [0.15, 0.2) is 54.6 Å². The zero-order chi connectivity index (χ0) is 16.8. The van der Waals surface area contributed by atoms with Crippen molar-refractivity contribution in [1.82, 2.24) is 5.32 Å². The maximum Gasteiger partial charge on any atom is 0.119 e. The standard InChI is InChI=1S/C20H25NO3/c22-12-17-10-21-11-18(13-23)20(17)16-6-8-19(9-7-16)24-14-15-4-2-1-3-5-15/h1-9,17-18,20-23H,10-14H2/t17-,18+,20+. The summed E-state index contributed by atoms with van der Waals surface area (Å²) in [6.07, 6.45) is 0. The average Bonchev–Trinajstić information content (AvgIpc) is 2.67. The van der Waals surface area contributed by atoms with Crippen molar-refractivity contribution in [1.29, 1.82) is 0 Å². The quantitative estimate of drug-likeness (QED) is 0.761. The van der Waals surface area contributed by atoms with Crippen LogP contribution in [0.25, 0.3) is 0 Å². The van der Waals surface area contributed by atoms with E-state index in [0.29, 0.717) is 6.61 Å². The largest absolute Gasteiger partial charge is 0.489 e. The smallest absolute Gasteiger partial charge is 0.119 e. The molecule has 24 heavy (non-hydrogen) atoms. The highest BCUT2D eigenvalue weighted by molar-refractivity contribution is 5.31. The third kappa shape index (κ3) is 3.96. The SMILES string of the molecule is OC[C@@H]1CNC[C@H](CO)[C@@H]1c1ccc(OCc2ccccc2)cc1. The van der Waals surface area contributed by atoms with Gasteiger partial charge in [-0.15, -0.1) is 0 Å². The van der Waals surface area contributed by atoms with Crippen LogP contribution in [0, 0.1) is 11.8 Å². The lowest BCUT2D eigenvalue weighted by atomic mass is 9.75. The molecule has 1 aliphatic heterocycles. The van der Waals surface area contributed by atoms with Crippen molar-refractivity contribution in [2.75, 3.05) is 26.3 Å². The predicted octanol–water partition coefficient (Wildman–Crippen LogP) is 2.17. The van der Waals surface area contributed by atoms with Gasteiger partial charge in [0.25, 0.3) is 0 Å². The highest BCUT2D eigenvalue weighted by Gasteiger charge is 2.33. The van der Waals surface area contributed by atoms with Crippen molar-refractivity contribution in [3.05, 3.63) is 65.7 Å². The number of hydrogen-bond donors (Lipinski definition) is 3. The summed E-state index contributed by atoms with van der Waals surface area (Å²) >= 11 is 0. The maximum atomic E-state index is 9.65. The monoisotopic (exact) mass is 327 g/mol. The maximum absolute atomic E-state index is 9.65. The third-order valence-corrected chi connectivity index (χ3v) is 4.81. The van der Waals surface area contributed by atoms with E-state index in [2.05, 4.69) is 17.4 Å². The van der Waals surface area contributed by atoms with Crippen LogP contribution in [0.3, 0.4) is 0 Å². The summed E-state index contributed by atoms with van der Waals surface area (Å²) in [5.74, 6) is 1.26. The molecule has 0 radical (unpaired) electrons. The number of rotatable bonds is 6. The Morgan fingerprint density at radius 1 is 0.875 bits per heavy atom. The second-order valence-electron chi connectivity index (χ2n) is 6.41. The summed E-state index contributed by atoms with van der Waals surface area (Å²) in [6.45, 7) is 2.36. The van der Waals surface area contributed by atoms with Crippen LogP contribution in [-0.2, 0) is 6.61 Å². The Hall–Kier alpha value is -1.88. The molecule has 4 nitrogen and oxygen atoms in total. The van der Waals surface area contributed by atoms with Crippen molar-refractivity contribution in [2.24, 2.45) is 11.8 Å². The van der Waals surface area contributed by atoms with Gasteiger partial charge in [0.05, 0.1) is 0 Å². The number of nitrogens with one attached hydrogen (secondary N) is 1. The molecule has 128 valence electrons. The summed E-state index contributed by atoms with van der Waals surface area (Å²) < 4.78 is 5.83. The minimum Gasteiger partial charge on any atom is -0.489 e. The van der Waals surface area contributed by atoms with E-state index in [0.717, 1.165) is 30.0 Å². The minimum atomic E-state index is 0.125. The first-order valence-corrected chi connectivity index (χ1v) is 8.51. The van der Waals surface area contributed by atoms with Gasteiger partial charge in [0.15, 0.2) is 0 Å². The van der Waals surface area contributed by atoms with Gasteiger partial charge in [-0.25, -0.2) is 0 Å². The van der Waals surface area contributed by atoms with Crippen LogP contribution in [0.4, 0.5) is 0 Å². The van der Waals surface area contributed by atoms with Crippen molar-refractivity contribution in [3.8, 4) is 5.75 Å². The molecule has 1 heterocycles. The fourth-order valence-corrected chi connectivity index (χ4v) is 3.52. The van der Waals surface area contributed by atoms with Crippen molar-refractivity contribution in [3.63, 3.8) is 0 Å². The van der Waals surface area contributed by atoms with E-state index in [-0.39, 0.29) is 31.0 Å². The molecule has 1 fully saturated rings. The lowest BCUT2D eigenvalue weighted by Crippen LogP contribution is -2.45. The summed E-state index contributed by atoms with van der Waals surface area (Å²) in [5.41, 5.74) is 2.29. The number of hydrogen-bond acceptors (Lipinski definition) is 4. The second-order valence-corrected chi connectivity index (χ2v) is 6.41. The van der Waals surface area contributed by atoms with Gasteiger partial charge in [-0.3, -0.25) is 0 Å². The lowest BCUT2D eigenvalue weighted by Gasteiger charge is -2.37. The Labute approximate surface area is 143 Å². The summed E-state index contributed by atoms with van der Waals surface area (Å²) in [5, 5.41) is 22.6. The zero-order valence-electron chi connectivity index (χ0n) is 13.8.